The Morgan fingerprint density at radius 2 is 1.54 bits per heavy atom. The smallest absolute Gasteiger partial charge is 0.408 e. The van der Waals surface area contributed by atoms with Crippen LogP contribution in [0.2, 0.25) is 0 Å². The van der Waals surface area contributed by atoms with Crippen LogP contribution in [0.1, 0.15) is 37.9 Å². The summed E-state index contributed by atoms with van der Waals surface area (Å²) in [6.45, 7) is 3.62. The van der Waals surface area contributed by atoms with Gasteiger partial charge in [-0.3, -0.25) is 9.59 Å². The summed E-state index contributed by atoms with van der Waals surface area (Å²) in [7, 11) is -2.59. The summed E-state index contributed by atoms with van der Waals surface area (Å²) < 4.78 is 34.0. The average Bonchev–Trinajstić information content (AvgIpc) is 3.12. The number of aromatic nitrogens is 1. The molecule has 3 aromatic carbocycles. The van der Waals surface area contributed by atoms with Gasteiger partial charge < -0.3 is 25.8 Å². The Labute approximate surface area is 293 Å². The first-order chi connectivity index (χ1) is 24.0. The summed E-state index contributed by atoms with van der Waals surface area (Å²) in [5, 5.41) is 20.3. The number of amides is 3. The number of para-hydroxylation sites is 1. The molecule has 0 saturated heterocycles. The number of nitrogens with one attached hydrogen (secondary N) is 3. The molecule has 0 spiro atoms. The zero-order valence-corrected chi connectivity index (χ0v) is 29.3. The fourth-order valence-electron chi connectivity index (χ4n) is 5.23. The van der Waals surface area contributed by atoms with Crippen LogP contribution in [-0.2, 0) is 37.4 Å². The van der Waals surface area contributed by atoms with Crippen molar-refractivity contribution in [2.24, 2.45) is 5.92 Å². The average molecular weight is 704 g/mol. The van der Waals surface area contributed by atoms with Gasteiger partial charge in [0, 0.05) is 25.5 Å². The van der Waals surface area contributed by atoms with Crippen molar-refractivity contribution in [3.05, 3.63) is 108 Å². The molecular weight excluding hydrogens is 659 g/mol. The van der Waals surface area contributed by atoms with Gasteiger partial charge >= 0.3 is 6.09 Å². The summed E-state index contributed by atoms with van der Waals surface area (Å²) in [6.07, 6.45) is -2.04. The lowest BCUT2D eigenvalue weighted by Gasteiger charge is -2.31. The third-order valence-electron chi connectivity index (χ3n) is 8.10. The van der Waals surface area contributed by atoms with E-state index in [9.17, 15) is 27.9 Å². The lowest BCUT2D eigenvalue weighted by molar-refractivity contribution is -0.129. The highest BCUT2D eigenvalue weighted by Crippen LogP contribution is 2.19. The van der Waals surface area contributed by atoms with Crippen LogP contribution < -0.4 is 16.0 Å². The molecule has 1 heterocycles. The number of hydrogen-bond acceptors (Lipinski definition) is 8. The summed E-state index contributed by atoms with van der Waals surface area (Å²) >= 11 is 0. The number of benzene rings is 3. The second kappa shape index (κ2) is 18.2. The summed E-state index contributed by atoms with van der Waals surface area (Å²) in [5.41, 5.74) is 1.99. The van der Waals surface area contributed by atoms with Gasteiger partial charge in [-0.2, -0.15) is 4.31 Å². The van der Waals surface area contributed by atoms with Crippen molar-refractivity contribution >= 4 is 38.8 Å². The first-order valence-corrected chi connectivity index (χ1v) is 18.0. The first kappa shape index (κ1) is 38.0. The highest BCUT2D eigenvalue weighted by atomic mass is 32.2. The molecule has 3 atom stereocenters. The summed E-state index contributed by atoms with van der Waals surface area (Å²) in [4.78, 5) is 43.7. The summed E-state index contributed by atoms with van der Waals surface area (Å²) in [6, 6.07) is 25.8. The maximum Gasteiger partial charge on any atom is 0.408 e. The largest absolute Gasteiger partial charge is 0.443 e. The number of pyridine rings is 1. The van der Waals surface area contributed by atoms with Crippen LogP contribution >= 0.6 is 0 Å². The van der Waals surface area contributed by atoms with E-state index in [-0.39, 0.29) is 36.9 Å². The van der Waals surface area contributed by atoms with E-state index in [1.807, 2.05) is 74.5 Å². The molecule has 4 rings (SSSR count). The lowest BCUT2D eigenvalue weighted by atomic mass is 10.00. The molecule has 0 aliphatic carbocycles. The van der Waals surface area contributed by atoms with Crippen LogP contribution in [0.25, 0.3) is 10.9 Å². The van der Waals surface area contributed by atoms with Gasteiger partial charge in [-0.25, -0.2) is 18.2 Å². The fourth-order valence-corrected chi connectivity index (χ4v) is 6.73. The Morgan fingerprint density at radius 1 is 0.880 bits per heavy atom. The molecule has 1 unspecified atom stereocenters. The minimum absolute atomic E-state index is 0.0897. The van der Waals surface area contributed by atoms with E-state index in [1.54, 1.807) is 24.3 Å². The number of carbonyl (C=O) groups is 3. The zero-order valence-electron chi connectivity index (χ0n) is 28.5. The molecule has 4 N–H and O–H groups in total. The maximum absolute atomic E-state index is 13.8. The lowest BCUT2D eigenvalue weighted by Crippen LogP contribution is -2.56. The van der Waals surface area contributed by atoms with E-state index in [0.717, 1.165) is 16.5 Å². The quantitative estimate of drug-likeness (QED) is 0.129. The number of aliphatic hydroxyl groups is 1. The molecule has 50 heavy (non-hydrogen) atoms. The predicted octanol–water partition coefficient (Wildman–Crippen LogP) is 3.79. The van der Waals surface area contributed by atoms with Crippen molar-refractivity contribution in [1.82, 2.24) is 25.2 Å². The van der Waals surface area contributed by atoms with Crippen LogP contribution in [-0.4, -0.2) is 79.0 Å². The van der Waals surface area contributed by atoms with Crippen molar-refractivity contribution in [2.45, 2.75) is 62.8 Å². The Kier molecular flexibility index (Phi) is 13.8. The van der Waals surface area contributed by atoms with Crippen LogP contribution in [0.15, 0.2) is 102 Å². The van der Waals surface area contributed by atoms with Crippen molar-refractivity contribution in [3.8, 4) is 0 Å². The van der Waals surface area contributed by atoms with Gasteiger partial charge in [0.05, 0.1) is 34.7 Å². The van der Waals surface area contributed by atoms with Crippen molar-refractivity contribution in [1.29, 1.82) is 0 Å². The van der Waals surface area contributed by atoms with Crippen LogP contribution in [0.3, 0.4) is 0 Å². The third kappa shape index (κ3) is 11.1. The molecule has 0 aliphatic rings. The van der Waals surface area contributed by atoms with Crippen molar-refractivity contribution in [2.75, 3.05) is 20.1 Å². The van der Waals surface area contributed by atoms with E-state index in [2.05, 4.69) is 20.9 Å². The number of sulfonamides is 1. The van der Waals surface area contributed by atoms with E-state index in [4.69, 9.17) is 4.74 Å². The van der Waals surface area contributed by atoms with E-state index in [0.29, 0.717) is 12.1 Å². The molecule has 4 aromatic rings. The first-order valence-electron chi connectivity index (χ1n) is 16.5. The highest BCUT2D eigenvalue weighted by molar-refractivity contribution is 7.89. The van der Waals surface area contributed by atoms with E-state index >= 15 is 0 Å². The molecule has 0 saturated carbocycles. The minimum Gasteiger partial charge on any atom is -0.443 e. The Morgan fingerprint density at radius 3 is 2.22 bits per heavy atom. The van der Waals surface area contributed by atoms with Crippen LogP contribution in [0.4, 0.5) is 4.79 Å². The molecule has 3 amide bonds. The van der Waals surface area contributed by atoms with Gasteiger partial charge in [0.2, 0.25) is 21.8 Å². The van der Waals surface area contributed by atoms with Gasteiger partial charge in [0.15, 0.2) is 0 Å². The highest BCUT2D eigenvalue weighted by Gasteiger charge is 2.33. The SMILES string of the molecule is CNC(=O)C[C@H](NC(=O)OCc1ccc2ccccc2n1)C(=O)N[C@@H](Cc1ccccc1)C(O)CN(CCC(C)C)S(=O)(=O)c1ccccc1. The summed E-state index contributed by atoms with van der Waals surface area (Å²) in [5.74, 6) is -1.08. The molecule has 12 nitrogen and oxygen atoms in total. The van der Waals surface area contributed by atoms with Crippen LogP contribution in [0, 0.1) is 5.92 Å². The zero-order chi connectivity index (χ0) is 36.1. The number of hydrogen-bond donors (Lipinski definition) is 4. The van der Waals surface area contributed by atoms with Gasteiger partial charge in [0.1, 0.15) is 12.6 Å². The number of ether oxygens (including phenoxy) is 1. The molecule has 0 radical (unpaired) electrons. The van der Waals surface area contributed by atoms with Gasteiger partial charge in [-0.15, -0.1) is 0 Å². The van der Waals surface area contributed by atoms with Crippen LogP contribution in [0.5, 0.6) is 0 Å². The van der Waals surface area contributed by atoms with Gasteiger partial charge in [-0.05, 0) is 48.6 Å². The third-order valence-corrected chi connectivity index (χ3v) is 9.98. The monoisotopic (exact) mass is 703 g/mol. The van der Waals surface area contributed by atoms with Crippen molar-refractivity contribution in [3.63, 3.8) is 0 Å². The molecular formula is C37H45N5O7S. The standard InChI is InChI=1S/C37H45N5O7S/c1-26(2)20-21-42(50(47,48)30-15-8-5-9-16-30)24-34(43)32(22-27-12-6-4-7-13-27)40-36(45)33(23-35(44)38-3)41-37(46)49-25-29-19-18-28-14-10-11-17-31(28)39-29/h4-19,26,32-34,43H,20-25H2,1-3H3,(H,38,44)(H,40,45)(H,41,46)/t32-,33-,34?/m0/s1. The topological polar surface area (TPSA) is 167 Å². The van der Waals surface area contributed by atoms with E-state index in [1.165, 1.54) is 23.5 Å². The Balaban J connectivity index is 1.52. The van der Waals surface area contributed by atoms with Gasteiger partial charge in [-0.1, -0.05) is 86.6 Å². The Hall–Kier alpha value is -4.85. The number of alkyl carbamates (subject to hydrolysis) is 1. The molecule has 13 heteroatoms. The molecule has 266 valence electrons. The minimum atomic E-state index is -3.99. The van der Waals surface area contributed by atoms with Crippen molar-refractivity contribution < 1.29 is 32.6 Å². The number of nitrogens with zero attached hydrogens (tertiary/aromatic N) is 2. The molecule has 0 fully saturated rings. The number of rotatable bonds is 17. The molecule has 0 aliphatic heterocycles. The number of carbonyl (C=O) groups excluding carboxylic acids is 3. The molecule has 1 aromatic heterocycles. The predicted molar refractivity (Wildman–Crippen MR) is 190 cm³/mol. The second-order valence-electron chi connectivity index (χ2n) is 12.4. The molecule has 0 bridgehead atoms. The Bertz CT molecular complexity index is 1820. The fraction of sp³-hybridized carbons (Fsp3) is 0.351. The maximum atomic E-state index is 13.8. The van der Waals surface area contributed by atoms with E-state index < -0.39 is 52.5 Å². The second-order valence-corrected chi connectivity index (χ2v) is 14.3. The number of fused-ring (bicyclic) bond motifs is 1. The van der Waals surface area contributed by atoms with Gasteiger partial charge in [0.25, 0.3) is 0 Å². The number of aliphatic hydroxyl groups excluding tert-OH is 1. The normalized spacial score (nSPS) is 13.4.